The number of thioether (sulfide) groups is 1. The molecule has 0 fully saturated rings. The molecule has 0 spiro atoms. The van der Waals surface area contributed by atoms with Gasteiger partial charge in [0.1, 0.15) is 11.6 Å². The maximum absolute atomic E-state index is 13.7. The Morgan fingerprint density at radius 1 is 1.10 bits per heavy atom. The van der Waals surface area contributed by atoms with E-state index in [1.165, 1.54) is 11.8 Å². The molecule has 1 N–H and O–H groups in total. The number of nitrogens with zero attached hydrogens (tertiary/aromatic N) is 2. The molecule has 2 aromatic carbocycles. The van der Waals surface area contributed by atoms with Gasteiger partial charge in [-0.2, -0.15) is 5.10 Å². The van der Waals surface area contributed by atoms with Crippen LogP contribution in [0, 0.1) is 11.6 Å². The lowest BCUT2D eigenvalue weighted by molar-refractivity contribution is 0.598. The quantitative estimate of drug-likeness (QED) is 0.918. The van der Waals surface area contributed by atoms with E-state index in [1.54, 1.807) is 0 Å². The Morgan fingerprint density at radius 2 is 1.90 bits per heavy atom. The van der Waals surface area contributed by atoms with Crippen LogP contribution in [0.1, 0.15) is 5.56 Å². The van der Waals surface area contributed by atoms with Gasteiger partial charge in [0.25, 0.3) is 0 Å². The first kappa shape index (κ1) is 13.8. The fourth-order valence-corrected chi connectivity index (χ4v) is 2.62. The van der Waals surface area contributed by atoms with Crippen molar-refractivity contribution in [2.75, 3.05) is 5.75 Å². The second-order valence-corrected chi connectivity index (χ2v) is 5.30. The minimum absolute atomic E-state index is 0.175. The first-order valence-electron chi connectivity index (χ1n) is 6.27. The first-order chi connectivity index (χ1) is 10.2. The predicted octanol–water partition coefficient (Wildman–Crippen LogP) is 3.69. The van der Waals surface area contributed by atoms with Crippen LogP contribution >= 0.6 is 11.8 Å². The third-order valence-corrected chi connectivity index (χ3v) is 3.73. The van der Waals surface area contributed by atoms with Gasteiger partial charge in [0.05, 0.1) is 11.4 Å². The van der Waals surface area contributed by atoms with Crippen molar-refractivity contribution in [3.05, 3.63) is 65.7 Å². The van der Waals surface area contributed by atoms with Gasteiger partial charge in [-0.1, -0.05) is 30.0 Å². The SMILES string of the molecule is Fc1ccc(F)c(C2=NNC(=Nc3ccccc3)SC2)c1. The van der Waals surface area contributed by atoms with Gasteiger partial charge in [0, 0.05) is 11.3 Å². The van der Waals surface area contributed by atoms with Crippen molar-refractivity contribution in [2.45, 2.75) is 0 Å². The minimum Gasteiger partial charge on any atom is -0.255 e. The van der Waals surface area contributed by atoms with Crippen LogP contribution < -0.4 is 5.43 Å². The molecule has 3 rings (SSSR count). The average molecular weight is 303 g/mol. The summed E-state index contributed by atoms with van der Waals surface area (Å²) in [6.45, 7) is 0. The molecule has 3 nitrogen and oxygen atoms in total. The van der Waals surface area contributed by atoms with Crippen molar-refractivity contribution in [3.63, 3.8) is 0 Å². The molecular formula is C15H11F2N3S. The van der Waals surface area contributed by atoms with E-state index in [2.05, 4.69) is 15.5 Å². The maximum atomic E-state index is 13.7. The highest BCUT2D eigenvalue weighted by atomic mass is 32.2. The summed E-state index contributed by atoms with van der Waals surface area (Å²) in [4.78, 5) is 4.38. The van der Waals surface area contributed by atoms with E-state index in [1.807, 2.05) is 30.3 Å². The van der Waals surface area contributed by atoms with Crippen LogP contribution in [0.2, 0.25) is 0 Å². The Labute approximate surface area is 124 Å². The number of aliphatic imine (C=N–C) groups is 1. The van der Waals surface area contributed by atoms with Crippen molar-refractivity contribution in [2.24, 2.45) is 10.1 Å². The third-order valence-electron chi connectivity index (χ3n) is 2.86. The number of para-hydroxylation sites is 1. The van der Waals surface area contributed by atoms with Crippen LogP contribution in [-0.4, -0.2) is 16.6 Å². The van der Waals surface area contributed by atoms with Gasteiger partial charge in [-0.3, -0.25) is 5.43 Å². The number of benzene rings is 2. The fourth-order valence-electron chi connectivity index (χ4n) is 1.85. The minimum atomic E-state index is -0.485. The van der Waals surface area contributed by atoms with Gasteiger partial charge in [-0.05, 0) is 30.3 Å². The van der Waals surface area contributed by atoms with E-state index in [-0.39, 0.29) is 5.56 Å². The van der Waals surface area contributed by atoms with Gasteiger partial charge in [0.2, 0.25) is 0 Å². The lowest BCUT2D eigenvalue weighted by Crippen LogP contribution is -2.25. The summed E-state index contributed by atoms with van der Waals surface area (Å²) in [7, 11) is 0. The lowest BCUT2D eigenvalue weighted by atomic mass is 10.1. The summed E-state index contributed by atoms with van der Waals surface area (Å²) in [6.07, 6.45) is 0. The second-order valence-electron chi connectivity index (χ2n) is 4.34. The zero-order valence-corrected chi connectivity index (χ0v) is 11.7. The lowest BCUT2D eigenvalue weighted by Gasteiger charge is -2.15. The number of halogens is 2. The number of hydrogen-bond donors (Lipinski definition) is 1. The molecule has 1 heterocycles. The molecule has 0 radical (unpaired) electrons. The van der Waals surface area contributed by atoms with Crippen molar-refractivity contribution in [3.8, 4) is 0 Å². The maximum Gasteiger partial charge on any atom is 0.182 e. The van der Waals surface area contributed by atoms with E-state index in [0.29, 0.717) is 16.6 Å². The predicted molar refractivity (Wildman–Crippen MR) is 82.0 cm³/mol. The molecule has 2 aromatic rings. The largest absolute Gasteiger partial charge is 0.255 e. The molecule has 0 atom stereocenters. The zero-order chi connectivity index (χ0) is 14.7. The van der Waals surface area contributed by atoms with Gasteiger partial charge < -0.3 is 0 Å². The molecule has 0 saturated carbocycles. The van der Waals surface area contributed by atoms with E-state index < -0.39 is 11.6 Å². The van der Waals surface area contributed by atoms with Crippen LogP contribution in [0.3, 0.4) is 0 Å². The van der Waals surface area contributed by atoms with Crippen LogP contribution in [0.15, 0.2) is 58.6 Å². The highest BCUT2D eigenvalue weighted by molar-refractivity contribution is 8.14. The molecule has 106 valence electrons. The average Bonchev–Trinajstić information content (AvgIpc) is 2.52. The standard InChI is InChI=1S/C15H11F2N3S/c16-10-6-7-13(17)12(8-10)14-9-21-15(20-19-14)18-11-4-2-1-3-5-11/h1-8H,9H2,(H,18,20). The van der Waals surface area contributed by atoms with Gasteiger partial charge >= 0.3 is 0 Å². The Balaban J connectivity index is 1.81. The molecule has 6 heteroatoms. The second kappa shape index (κ2) is 6.05. The number of amidine groups is 1. The van der Waals surface area contributed by atoms with E-state index in [9.17, 15) is 8.78 Å². The summed E-state index contributed by atoms with van der Waals surface area (Å²) >= 11 is 1.39. The summed E-state index contributed by atoms with van der Waals surface area (Å²) in [6, 6.07) is 12.8. The number of rotatable bonds is 2. The van der Waals surface area contributed by atoms with Gasteiger partial charge in [-0.15, -0.1) is 0 Å². The van der Waals surface area contributed by atoms with Crippen LogP contribution in [0.4, 0.5) is 14.5 Å². The van der Waals surface area contributed by atoms with E-state index in [4.69, 9.17) is 0 Å². The fraction of sp³-hybridized carbons (Fsp3) is 0.0667. The molecule has 0 saturated heterocycles. The summed E-state index contributed by atoms with van der Waals surface area (Å²) in [5, 5.41) is 4.71. The molecule has 21 heavy (non-hydrogen) atoms. The van der Waals surface area contributed by atoms with Gasteiger partial charge in [0.15, 0.2) is 5.17 Å². The molecule has 0 unspecified atom stereocenters. The Bertz CT molecular complexity index is 714. The molecule has 0 amide bonds. The van der Waals surface area contributed by atoms with Crippen molar-refractivity contribution in [1.29, 1.82) is 0 Å². The highest BCUT2D eigenvalue weighted by Crippen LogP contribution is 2.19. The van der Waals surface area contributed by atoms with Gasteiger partial charge in [-0.25, -0.2) is 13.8 Å². The van der Waals surface area contributed by atoms with Crippen LogP contribution in [-0.2, 0) is 0 Å². The monoisotopic (exact) mass is 303 g/mol. The molecule has 0 aliphatic carbocycles. The number of hydrogen-bond acceptors (Lipinski definition) is 3. The normalized spacial score (nSPS) is 16.5. The number of hydrazone groups is 1. The molecule has 1 aliphatic heterocycles. The Kier molecular flexibility index (Phi) is 3.96. The molecule has 0 bridgehead atoms. The smallest absolute Gasteiger partial charge is 0.182 e. The third kappa shape index (κ3) is 3.28. The van der Waals surface area contributed by atoms with Crippen LogP contribution in [0.5, 0.6) is 0 Å². The first-order valence-corrected chi connectivity index (χ1v) is 7.25. The van der Waals surface area contributed by atoms with Crippen molar-refractivity contribution in [1.82, 2.24) is 5.43 Å². The molecule has 0 aromatic heterocycles. The summed E-state index contributed by atoms with van der Waals surface area (Å²) < 4.78 is 26.9. The van der Waals surface area contributed by atoms with Crippen molar-refractivity contribution >= 4 is 28.3 Å². The van der Waals surface area contributed by atoms with Crippen LogP contribution in [0.25, 0.3) is 0 Å². The Morgan fingerprint density at radius 3 is 2.62 bits per heavy atom. The van der Waals surface area contributed by atoms with E-state index in [0.717, 1.165) is 23.9 Å². The van der Waals surface area contributed by atoms with E-state index >= 15 is 0 Å². The topological polar surface area (TPSA) is 36.8 Å². The number of nitrogens with one attached hydrogen (secondary N) is 1. The highest BCUT2D eigenvalue weighted by Gasteiger charge is 2.16. The zero-order valence-electron chi connectivity index (χ0n) is 10.9. The molecule has 1 aliphatic rings. The Hall–Kier alpha value is -2.21. The summed E-state index contributed by atoms with van der Waals surface area (Å²) in [5.41, 5.74) is 4.22. The molecular weight excluding hydrogens is 292 g/mol. The summed E-state index contributed by atoms with van der Waals surface area (Å²) in [5.74, 6) is -0.539. The van der Waals surface area contributed by atoms with Crippen molar-refractivity contribution < 1.29 is 8.78 Å².